The van der Waals surface area contributed by atoms with Gasteiger partial charge in [0.2, 0.25) is 11.8 Å². The second kappa shape index (κ2) is 6.55. The van der Waals surface area contributed by atoms with Gasteiger partial charge >= 0.3 is 0 Å². The van der Waals surface area contributed by atoms with E-state index in [1.165, 1.54) is 0 Å². The Labute approximate surface area is 119 Å². The molecule has 0 saturated heterocycles. The van der Waals surface area contributed by atoms with E-state index in [1.54, 1.807) is 0 Å². The minimum atomic E-state index is -0.0210. The van der Waals surface area contributed by atoms with E-state index in [2.05, 4.69) is 10.6 Å². The quantitative estimate of drug-likeness (QED) is 0.883. The molecule has 1 aromatic carbocycles. The lowest BCUT2D eigenvalue weighted by Gasteiger charge is -2.15. The van der Waals surface area contributed by atoms with E-state index in [-0.39, 0.29) is 17.7 Å². The van der Waals surface area contributed by atoms with Crippen molar-refractivity contribution in [3.63, 3.8) is 0 Å². The molecule has 0 unspecified atom stereocenters. The van der Waals surface area contributed by atoms with Crippen molar-refractivity contribution in [2.45, 2.75) is 46.0 Å². The monoisotopic (exact) mass is 274 g/mol. The highest BCUT2D eigenvalue weighted by molar-refractivity contribution is 5.96. The summed E-state index contributed by atoms with van der Waals surface area (Å²) in [6.45, 7) is 3.73. The van der Waals surface area contributed by atoms with Crippen molar-refractivity contribution >= 4 is 23.2 Å². The molecule has 0 spiro atoms. The predicted octanol–water partition coefficient (Wildman–Crippen LogP) is 3.47. The van der Waals surface area contributed by atoms with Crippen LogP contribution in [0.25, 0.3) is 0 Å². The van der Waals surface area contributed by atoms with Crippen molar-refractivity contribution in [3.8, 4) is 0 Å². The molecule has 2 N–H and O–H groups in total. The lowest BCUT2D eigenvalue weighted by atomic mass is 10.1. The normalized spacial score (nSPS) is 15.1. The van der Waals surface area contributed by atoms with Gasteiger partial charge in [0.25, 0.3) is 0 Å². The first-order chi connectivity index (χ1) is 9.61. The number of carbonyl (C=O) groups excluding carboxylic acids is 2. The Morgan fingerprint density at radius 3 is 2.35 bits per heavy atom. The minimum Gasteiger partial charge on any atom is -0.326 e. The molecule has 0 aromatic heterocycles. The fraction of sp³-hybridized carbons (Fsp3) is 0.500. The number of amides is 2. The molecule has 2 amide bonds. The summed E-state index contributed by atoms with van der Waals surface area (Å²) in [4.78, 5) is 23.6. The average Bonchev–Trinajstić information content (AvgIpc) is 2.97. The molecule has 0 atom stereocenters. The molecule has 0 aliphatic heterocycles. The van der Waals surface area contributed by atoms with Crippen molar-refractivity contribution in [2.75, 3.05) is 10.6 Å². The zero-order chi connectivity index (χ0) is 14.5. The molecule has 108 valence electrons. The summed E-state index contributed by atoms with van der Waals surface area (Å²) in [6, 6.07) is 5.58. The van der Waals surface area contributed by atoms with Crippen LogP contribution in [0.2, 0.25) is 0 Å². The number of nitrogens with one attached hydrogen (secondary N) is 2. The maximum atomic E-state index is 12.2. The van der Waals surface area contributed by atoms with Crippen molar-refractivity contribution in [2.24, 2.45) is 5.92 Å². The lowest BCUT2D eigenvalue weighted by molar-refractivity contribution is -0.119. The van der Waals surface area contributed by atoms with Gasteiger partial charge < -0.3 is 10.6 Å². The summed E-state index contributed by atoms with van der Waals surface area (Å²) in [7, 11) is 0. The summed E-state index contributed by atoms with van der Waals surface area (Å²) in [6.07, 6.45) is 4.69. The fourth-order valence-corrected chi connectivity index (χ4v) is 2.57. The molecule has 1 aromatic rings. The van der Waals surface area contributed by atoms with Crippen LogP contribution in [-0.2, 0) is 9.59 Å². The van der Waals surface area contributed by atoms with E-state index in [9.17, 15) is 9.59 Å². The standard InChI is InChI=1S/C16H22N2O2/c1-3-15(19)17-13-9-6-10-14(11(13)2)18-16(20)12-7-4-5-8-12/h6,9-10,12H,3-5,7-8H2,1-2H3,(H,17,19)(H,18,20). The summed E-state index contributed by atoms with van der Waals surface area (Å²) < 4.78 is 0. The second-order valence-electron chi connectivity index (χ2n) is 5.35. The fourth-order valence-electron chi connectivity index (χ4n) is 2.57. The van der Waals surface area contributed by atoms with Crippen molar-refractivity contribution in [3.05, 3.63) is 23.8 Å². The molecule has 1 saturated carbocycles. The zero-order valence-electron chi connectivity index (χ0n) is 12.2. The van der Waals surface area contributed by atoms with E-state index < -0.39 is 0 Å². The van der Waals surface area contributed by atoms with E-state index in [1.807, 2.05) is 32.0 Å². The molecule has 4 heteroatoms. The lowest BCUT2D eigenvalue weighted by Crippen LogP contribution is -2.21. The van der Waals surface area contributed by atoms with E-state index in [4.69, 9.17) is 0 Å². The van der Waals surface area contributed by atoms with Crippen molar-refractivity contribution < 1.29 is 9.59 Å². The molecule has 0 radical (unpaired) electrons. The van der Waals surface area contributed by atoms with Crippen LogP contribution < -0.4 is 10.6 Å². The topological polar surface area (TPSA) is 58.2 Å². The maximum absolute atomic E-state index is 12.2. The molecule has 4 nitrogen and oxygen atoms in total. The van der Waals surface area contributed by atoms with E-state index >= 15 is 0 Å². The van der Waals surface area contributed by atoms with Gasteiger partial charge in [-0.25, -0.2) is 0 Å². The first-order valence-electron chi connectivity index (χ1n) is 7.32. The number of rotatable bonds is 4. The highest BCUT2D eigenvalue weighted by atomic mass is 16.2. The highest BCUT2D eigenvalue weighted by Gasteiger charge is 2.23. The molecule has 1 fully saturated rings. The van der Waals surface area contributed by atoms with Crippen LogP contribution in [0.5, 0.6) is 0 Å². The third kappa shape index (κ3) is 3.38. The molecule has 2 rings (SSSR count). The first-order valence-corrected chi connectivity index (χ1v) is 7.32. The van der Waals surface area contributed by atoms with Crippen LogP contribution in [0, 0.1) is 12.8 Å². The van der Waals surface area contributed by atoms with Gasteiger partial charge in [-0.05, 0) is 37.5 Å². The molecular formula is C16H22N2O2. The molecule has 0 heterocycles. The Morgan fingerprint density at radius 2 is 1.75 bits per heavy atom. The Balaban J connectivity index is 2.09. The van der Waals surface area contributed by atoms with E-state index in [0.717, 1.165) is 42.6 Å². The molecule has 20 heavy (non-hydrogen) atoms. The van der Waals surface area contributed by atoms with E-state index in [0.29, 0.717) is 6.42 Å². The Kier molecular flexibility index (Phi) is 4.77. The zero-order valence-corrected chi connectivity index (χ0v) is 12.2. The summed E-state index contributed by atoms with van der Waals surface area (Å²) in [5.41, 5.74) is 2.46. The molecular weight excluding hydrogens is 252 g/mol. The summed E-state index contributed by atoms with van der Waals surface area (Å²) in [5.74, 6) is 0.222. The third-order valence-corrected chi connectivity index (χ3v) is 3.91. The van der Waals surface area contributed by atoms with Crippen LogP contribution in [0.4, 0.5) is 11.4 Å². The van der Waals surface area contributed by atoms with Crippen LogP contribution in [0.3, 0.4) is 0 Å². The Bertz CT molecular complexity index is 505. The average molecular weight is 274 g/mol. The second-order valence-corrected chi connectivity index (χ2v) is 5.35. The van der Waals surface area contributed by atoms with Crippen molar-refractivity contribution in [1.82, 2.24) is 0 Å². The van der Waals surface area contributed by atoms with Gasteiger partial charge in [0.15, 0.2) is 0 Å². The number of anilines is 2. The number of hydrogen-bond acceptors (Lipinski definition) is 2. The molecule has 1 aliphatic carbocycles. The number of hydrogen-bond donors (Lipinski definition) is 2. The smallest absolute Gasteiger partial charge is 0.227 e. The van der Waals surface area contributed by atoms with Gasteiger partial charge in [0, 0.05) is 23.7 Å². The largest absolute Gasteiger partial charge is 0.326 e. The van der Waals surface area contributed by atoms with Crippen LogP contribution in [0.15, 0.2) is 18.2 Å². The molecule has 0 bridgehead atoms. The molecule has 1 aliphatic rings. The summed E-state index contributed by atoms with van der Waals surface area (Å²) >= 11 is 0. The minimum absolute atomic E-state index is 0.0210. The van der Waals surface area contributed by atoms with Gasteiger partial charge in [0.1, 0.15) is 0 Å². The van der Waals surface area contributed by atoms with Crippen LogP contribution >= 0.6 is 0 Å². The van der Waals surface area contributed by atoms with Gasteiger partial charge in [-0.3, -0.25) is 9.59 Å². The van der Waals surface area contributed by atoms with Gasteiger partial charge in [-0.2, -0.15) is 0 Å². The predicted molar refractivity (Wildman–Crippen MR) is 80.7 cm³/mol. The Hall–Kier alpha value is -1.84. The highest BCUT2D eigenvalue weighted by Crippen LogP contribution is 2.28. The number of benzene rings is 1. The number of carbonyl (C=O) groups is 2. The van der Waals surface area contributed by atoms with Gasteiger partial charge in [0.05, 0.1) is 0 Å². The maximum Gasteiger partial charge on any atom is 0.227 e. The SMILES string of the molecule is CCC(=O)Nc1cccc(NC(=O)C2CCCC2)c1C. The van der Waals surface area contributed by atoms with Crippen LogP contribution in [-0.4, -0.2) is 11.8 Å². The van der Waals surface area contributed by atoms with Gasteiger partial charge in [-0.1, -0.05) is 25.8 Å². The first kappa shape index (κ1) is 14.6. The third-order valence-electron chi connectivity index (χ3n) is 3.91. The Morgan fingerprint density at radius 1 is 1.15 bits per heavy atom. The van der Waals surface area contributed by atoms with Gasteiger partial charge in [-0.15, -0.1) is 0 Å². The van der Waals surface area contributed by atoms with Crippen LogP contribution in [0.1, 0.15) is 44.6 Å². The summed E-state index contributed by atoms with van der Waals surface area (Å²) in [5, 5.41) is 5.85. The van der Waals surface area contributed by atoms with Crippen molar-refractivity contribution in [1.29, 1.82) is 0 Å².